The third-order valence-electron chi connectivity index (χ3n) is 0. The first-order chi connectivity index (χ1) is 0. The molecule has 0 aromatic rings. The van der Waals surface area contributed by atoms with E-state index in [9.17, 15) is 0 Å². The summed E-state index contributed by atoms with van der Waals surface area (Å²) in [4.78, 5) is 0. The predicted molar refractivity (Wildman–Crippen MR) is 13.7 cm³/mol. The third-order valence-corrected chi connectivity index (χ3v) is 0. The van der Waals surface area contributed by atoms with Crippen LogP contribution in [-0.4, -0.2) is 40.4 Å². The Hall–Kier alpha value is 2.97. The van der Waals surface area contributed by atoms with Crippen LogP contribution < -0.4 is 0 Å². The second-order valence-electron chi connectivity index (χ2n) is 0. The van der Waals surface area contributed by atoms with Gasteiger partial charge < -0.3 is 2.85 Å². The van der Waals surface area contributed by atoms with Crippen LogP contribution in [0.5, 0.6) is 0 Å². The first-order valence-electron chi connectivity index (χ1n) is 0. The molecule has 0 aromatic carbocycles. The third kappa shape index (κ3) is 19.5. The number of rotatable bonds is 0. The maximum absolute atomic E-state index is 0. The molecule has 26 valence electrons. The van der Waals surface area contributed by atoms with E-state index in [-0.39, 0.29) is 97.2 Å². The maximum atomic E-state index is 0. The molecule has 0 aliphatic rings. The summed E-state index contributed by atoms with van der Waals surface area (Å²) in [6.45, 7) is 0. The molecule has 0 aliphatic heterocycles. The van der Waals surface area contributed by atoms with E-state index in [0.29, 0.717) is 0 Å². The molecule has 5 heteroatoms. The van der Waals surface area contributed by atoms with Crippen molar-refractivity contribution < 1.29 is 56.8 Å². The Morgan fingerprint density at radius 3 is 1.20 bits per heavy atom. The largest absolute Gasteiger partial charge is 2.00 e. The fraction of sp³-hybridized carbons (Fsp3) is 0. The van der Waals surface area contributed by atoms with Crippen LogP contribution in [0.25, 0.3) is 0 Å². The molecule has 0 aromatic heterocycles. The standard InChI is InChI=1S/Al.Cr.Cu.Mg.Zn.2H/q;;;+2;;2*-1. The van der Waals surface area contributed by atoms with E-state index in [4.69, 9.17) is 0 Å². The molecule has 0 bridgehead atoms. The van der Waals surface area contributed by atoms with Crippen molar-refractivity contribution in [3.63, 3.8) is 0 Å². The van der Waals surface area contributed by atoms with Gasteiger partial charge in [0.25, 0.3) is 0 Å². The number of hydrogen-bond acceptors (Lipinski definition) is 0. The van der Waals surface area contributed by atoms with Gasteiger partial charge >= 0.3 is 23.1 Å². The molecular formula is H2AlCrCuMgZn. The zero-order valence-electron chi connectivity index (χ0n) is 4.70. The zero-order valence-corrected chi connectivity index (χ0v) is 10.5. The van der Waals surface area contributed by atoms with Crippen molar-refractivity contribution in [3.05, 3.63) is 0 Å². The second-order valence-corrected chi connectivity index (χ2v) is 0. The topological polar surface area (TPSA) is 0 Å². The van der Waals surface area contributed by atoms with E-state index in [1.54, 1.807) is 0 Å². The molecule has 0 saturated carbocycles. The van der Waals surface area contributed by atoms with Crippen molar-refractivity contribution in [3.8, 4) is 0 Å². The number of hydrogen-bond donors (Lipinski definition) is 0. The Kier molecular flexibility index (Phi) is 247. The Morgan fingerprint density at radius 1 is 1.20 bits per heavy atom. The van der Waals surface area contributed by atoms with Gasteiger partial charge in [-0.25, -0.2) is 0 Å². The summed E-state index contributed by atoms with van der Waals surface area (Å²) in [6.07, 6.45) is 0. The van der Waals surface area contributed by atoms with Crippen LogP contribution in [0.1, 0.15) is 2.85 Å². The molecule has 0 heterocycles. The minimum atomic E-state index is 0. The van der Waals surface area contributed by atoms with Crippen LogP contribution in [-0.2, 0) is 53.9 Å². The fourth-order valence-corrected chi connectivity index (χ4v) is 0. The predicted octanol–water partition coefficient (Wildman–Crippen LogP) is -0.544. The van der Waals surface area contributed by atoms with Crippen LogP contribution in [0, 0.1) is 0 Å². The summed E-state index contributed by atoms with van der Waals surface area (Å²) in [7, 11) is 0. The van der Waals surface area contributed by atoms with E-state index in [0.717, 1.165) is 0 Å². The van der Waals surface area contributed by atoms with Crippen molar-refractivity contribution in [2.24, 2.45) is 0 Å². The molecule has 0 aliphatic carbocycles. The van der Waals surface area contributed by atoms with Gasteiger partial charge in [-0.1, -0.05) is 0 Å². The van der Waals surface area contributed by atoms with Gasteiger partial charge in [-0.3, -0.25) is 0 Å². The molecule has 0 spiro atoms. The zero-order chi connectivity index (χ0) is 0. The first kappa shape index (κ1) is 43.8. The maximum Gasteiger partial charge on any atom is 2.00 e. The second kappa shape index (κ2) is 28.1. The Balaban J connectivity index is 0. The smallest absolute Gasteiger partial charge is 1.00 e. The molecule has 0 rings (SSSR count). The molecule has 0 saturated heterocycles. The van der Waals surface area contributed by atoms with Gasteiger partial charge in [-0.2, -0.15) is 0 Å². The van der Waals surface area contributed by atoms with Gasteiger partial charge in [0.2, 0.25) is 0 Å². The van der Waals surface area contributed by atoms with E-state index in [1.165, 1.54) is 0 Å². The van der Waals surface area contributed by atoms with Gasteiger partial charge in [0.05, 0.1) is 0 Å². The van der Waals surface area contributed by atoms with Gasteiger partial charge in [0.15, 0.2) is 0 Å². The van der Waals surface area contributed by atoms with Crippen molar-refractivity contribution >= 4 is 40.4 Å². The van der Waals surface area contributed by atoms with Crippen molar-refractivity contribution in [2.75, 3.05) is 0 Å². The average Bonchev–Trinajstić information content (AvgIpc) is 0. The summed E-state index contributed by atoms with van der Waals surface area (Å²) in [5.41, 5.74) is 0. The van der Waals surface area contributed by atoms with Crippen LogP contribution in [0.3, 0.4) is 0 Å². The summed E-state index contributed by atoms with van der Waals surface area (Å²) in [5.74, 6) is 0. The van der Waals surface area contributed by atoms with E-state index >= 15 is 0 Å². The molecule has 0 atom stereocenters. The van der Waals surface area contributed by atoms with E-state index in [1.807, 2.05) is 0 Å². The first-order valence-corrected chi connectivity index (χ1v) is 0. The van der Waals surface area contributed by atoms with Crippen molar-refractivity contribution in [2.45, 2.75) is 0 Å². The summed E-state index contributed by atoms with van der Waals surface area (Å²) >= 11 is 0. The van der Waals surface area contributed by atoms with Crippen LogP contribution in [0.15, 0.2) is 0 Å². The summed E-state index contributed by atoms with van der Waals surface area (Å²) in [5, 5.41) is 0. The molecule has 4 radical (unpaired) electrons. The van der Waals surface area contributed by atoms with E-state index < -0.39 is 0 Å². The normalized spacial score (nSPS) is 0. The quantitative estimate of drug-likeness (QED) is 0.494. The Morgan fingerprint density at radius 2 is 1.20 bits per heavy atom. The minimum Gasteiger partial charge on any atom is -1.00 e. The minimum absolute atomic E-state index is 0. The summed E-state index contributed by atoms with van der Waals surface area (Å²) < 4.78 is 0. The average molecular weight is 234 g/mol. The van der Waals surface area contributed by atoms with E-state index in [2.05, 4.69) is 0 Å². The Labute approximate surface area is 95.8 Å². The van der Waals surface area contributed by atoms with Gasteiger partial charge in [0.1, 0.15) is 0 Å². The van der Waals surface area contributed by atoms with Crippen LogP contribution >= 0.6 is 0 Å². The van der Waals surface area contributed by atoms with Crippen LogP contribution in [0.2, 0.25) is 0 Å². The van der Waals surface area contributed by atoms with Crippen molar-refractivity contribution in [1.82, 2.24) is 0 Å². The van der Waals surface area contributed by atoms with Crippen molar-refractivity contribution in [1.29, 1.82) is 0 Å². The Bertz CT molecular complexity index is 17.7. The monoisotopic (exact) mass is 232 g/mol. The SMILES string of the molecule is [Al].[Cr].[Cu].[H-].[H-].[Mg+2].[Zn]. The van der Waals surface area contributed by atoms with Gasteiger partial charge in [-0.05, 0) is 0 Å². The molecule has 0 amide bonds. The molecule has 5 heavy (non-hydrogen) atoms. The molecular weight excluding hydrogens is 232 g/mol. The van der Waals surface area contributed by atoms with Gasteiger partial charge in [0, 0.05) is 71.3 Å². The molecule has 0 N–H and O–H groups in total. The molecule has 0 fully saturated rings. The molecule has 0 nitrogen and oxygen atoms in total. The fourth-order valence-electron chi connectivity index (χ4n) is 0. The molecule has 0 unspecified atom stereocenters. The summed E-state index contributed by atoms with van der Waals surface area (Å²) in [6, 6.07) is 0. The van der Waals surface area contributed by atoms with Gasteiger partial charge in [-0.15, -0.1) is 0 Å². The van der Waals surface area contributed by atoms with Crippen LogP contribution in [0.4, 0.5) is 0 Å².